The van der Waals surface area contributed by atoms with Crippen LogP contribution in [0.25, 0.3) is 0 Å². The Balaban J connectivity index is 1.98. The summed E-state index contributed by atoms with van der Waals surface area (Å²) in [5, 5.41) is 22.5. The molecular weight excluding hydrogens is 340 g/mol. The zero-order chi connectivity index (χ0) is 17.7. The molecule has 0 aromatic heterocycles. The summed E-state index contributed by atoms with van der Waals surface area (Å²) in [6.07, 6.45) is 0. The topological polar surface area (TPSA) is 119 Å². The SMILES string of the molecule is O=C(COC(=O)c1ccc(O)cc1)Nc1ccc(Cl)cc1[N+](=O)[O-]. The van der Waals surface area contributed by atoms with Crippen LogP contribution in [0.15, 0.2) is 42.5 Å². The number of anilines is 1. The maximum absolute atomic E-state index is 11.8. The third-order valence-corrected chi connectivity index (χ3v) is 3.10. The molecule has 1 amide bonds. The molecule has 0 spiro atoms. The highest BCUT2D eigenvalue weighted by Crippen LogP contribution is 2.27. The Labute approximate surface area is 140 Å². The number of phenolic OH excluding ortho intramolecular Hbond substituents is 1. The van der Waals surface area contributed by atoms with Crippen LogP contribution in [0.5, 0.6) is 5.75 Å². The van der Waals surface area contributed by atoms with E-state index in [0.29, 0.717) is 0 Å². The third-order valence-electron chi connectivity index (χ3n) is 2.87. The largest absolute Gasteiger partial charge is 0.508 e. The van der Waals surface area contributed by atoms with Crippen LogP contribution in [0.3, 0.4) is 0 Å². The Morgan fingerprint density at radius 1 is 1.21 bits per heavy atom. The second-order valence-electron chi connectivity index (χ2n) is 4.59. The summed E-state index contributed by atoms with van der Waals surface area (Å²) in [5.74, 6) is -1.53. The molecular formula is C15H11ClN2O6. The Kier molecular flexibility index (Phi) is 5.33. The van der Waals surface area contributed by atoms with Crippen molar-refractivity contribution in [3.8, 4) is 5.75 Å². The Morgan fingerprint density at radius 3 is 2.50 bits per heavy atom. The van der Waals surface area contributed by atoms with E-state index in [-0.39, 0.29) is 27.7 Å². The van der Waals surface area contributed by atoms with Crippen molar-refractivity contribution >= 4 is 34.9 Å². The maximum Gasteiger partial charge on any atom is 0.338 e. The lowest BCUT2D eigenvalue weighted by molar-refractivity contribution is -0.383. The molecule has 0 unspecified atom stereocenters. The van der Waals surface area contributed by atoms with Gasteiger partial charge in [-0.1, -0.05) is 11.6 Å². The highest BCUT2D eigenvalue weighted by molar-refractivity contribution is 6.31. The highest BCUT2D eigenvalue weighted by Gasteiger charge is 2.17. The van der Waals surface area contributed by atoms with Crippen LogP contribution in [0.4, 0.5) is 11.4 Å². The Morgan fingerprint density at radius 2 is 1.88 bits per heavy atom. The summed E-state index contributed by atoms with van der Waals surface area (Å²) in [6, 6.07) is 9.02. The van der Waals surface area contributed by atoms with Crippen LogP contribution in [0.2, 0.25) is 5.02 Å². The number of halogens is 1. The van der Waals surface area contributed by atoms with E-state index in [4.69, 9.17) is 21.4 Å². The minimum atomic E-state index is -0.768. The van der Waals surface area contributed by atoms with E-state index in [2.05, 4.69) is 5.32 Å². The molecule has 9 heteroatoms. The van der Waals surface area contributed by atoms with Crippen LogP contribution >= 0.6 is 11.6 Å². The molecule has 0 bridgehead atoms. The van der Waals surface area contributed by atoms with Gasteiger partial charge in [-0.05, 0) is 36.4 Å². The zero-order valence-corrected chi connectivity index (χ0v) is 12.8. The fourth-order valence-corrected chi connectivity index (χ4v) is 1.93. The number of carbonyl (C=O) groups excluding carboxylic acids is 2. The van der Waals surface area contributed by atoms with Crippen molar-refractivity contribution in [2.45, 2.75) is 0 Å². The number of esters is 1. The monoisotopic (exact) mass is 350 g/mol. The van der Waals surface area contributed by atoms with E-state index in [9.17, 15) is 19.7 Å². The first-order chi connectivity index (χ1) is 11.4. The minimum Gasteiger partial charge on any atom is -0.508 e. The first-order valence-electron chi connectivity index (χ1n) is 6.57. The number of phenols is 1. The van der Waals surface area contributed by atoms with Crippen molar-refractivity contribution in [3.05, 3.63) is 63.2 Å². The predicted octanol–water partition coefficient (Wildman–Crippen LogP) is 2.75. The number of hydrogen-bond acceptors (Lipinski definition) is 6. The molecule has 0 heterocycles. The third kappa shape index (κ3) is 4.43. The average Bonchev–Trinajstić information content (AvgIpc) is 2.54. The zero-order valence-electron chi connectivity index (χ0n) is 12.1. The molecule has 2 aromatic rings. The number of nitrogens with one attached hydrogen (secondary N) is 1. The molecule has 2 rings (SSSR count). The number of ether oxygens (including phenoxy) is 1. The number of nitrogens with zero attached hydrogens (tertiary/aromatic N) is 1. The molecule has 24 heavy (non-hydrogen) atoms. The molecule has 2 aromatic carbocycles. The second kappa shape index (κ2) is 7.42. The molecule has 0 aliphatic carbocycles. The summed E-state index contributed by atoms with van der Waals surface area (Å²) < 4.78 is 4.80. The standard InChI is InChI=1S/C15H11ClN2O6/c16-10-3-6-12(13(7-10)18(22)23)17-14(20)8-24-15(21)9-1-4-11(19)5-2-9/h1-7,19H,8H2,(H,17,20). The van der Waals surface area contributed by atoms with Gasteiger partial charge in [0, 0.05) is 11.1 Å². The number of nitro benzene ring substituents is 1. The summed E-state index contributed by atoms with van der Waals surface area (Å²) in [6.45, 7) is -0.626. The van der Waals surface area contributed by atoms with Gasteiger partial charge in [0.1, 0.15) is 11.4 Å². The lowest BCUT2D eigenvalue weighted by Gasteiger charge is -2.07. The maximum atomic E-state index is 11.8. The van der Waals surface area contributed by atoms with Crippen molar-refractivity contribution < 1.29 is 24.4 Å². The van der Waals surface area contributed by atoms with E-state index in [0.717, 1.165) is 6.07 Å². The number of rotatable bonds is 5. The van der Waals surface area contributed by atoms with Crippen LogP contribution < -0.4 is 5.32 Å². The quantitative estimate of drug-likeness (QED) is 0.486. The average molecular weight is 351 g/mol. The number of aromatic hydroxyl groups is 1. The van der Waals surface area contributed by atoms with Gasteiger partial charge < -0.3 is 15.2 Å². The van der Waals surface area contributed by atoms with Gasteiger partial charge in [0.25, 0.3) is 11.6 Å². The van der Waals surface area contributed by atoms with Gasteiger partial charge in [0.05, 0.1) is 10.5 Å². The van der Waals surface area contributed by atoms with E-state index in [1.165, 1.54) is 36.4 Å². The normalized spacial score (nSPS) is 10.0. The Bertz CT molecular complexity index is 791. The van der Waals surface area contributed by atoms with Crippen LogP contribution in [-0.2, 0) is 9.53 Å². The van der Waals surface area contributed by atoms with Crippen molar-refractivity contribution in [3.63, 3.8) is 0 Å². The van der Waals surface area contributed by atoms with Crippen molar-refractivity contribution in [2.75, 3.05) is 11.9 Å². The van der Waals surface area contributed by atoms with Crippen molar-refractivity contribution in [2.24, 2.45) is 0 Å². The van der Waals surface area contributed by atoms with Crippen LogP contribution in [0, 0.1) is 10.1 Å². The second-order valence-corrected chi connectivity index (χ2v) is 5.03. The van der Waals surface area contributed by atoms with E-state index < -0.39 is 23.4 Å². The first kappa shape index (κ1) is 17.2. The van der Waals surface area contributed by atoms with E-state index in [1.807, 2.05) is 0 Å². The number of carbonyl (C=O) groups is 2. The molecule has 124 valence electrons. The van der Waals surface area contributed by atoms with E-state index >= 15 is 0 Å². The fourth-order valence-electron chi connectivity index (χ4n) is 1.76. The first-order valence-corrected chi connectivity index (χ1v) is 6.94. The molecule has 0 aliphatic heterocycles. The molecule has 0 saturated carbocycles. The van der Waals surface area contributed by atoms with Crippen LogP contribution in [-0.4, -0.2) is 28.5 Å². The molecule has 2 N–H and O–H groups in total. The number of benzene rings is 2. The summed E-state index contributed by atoms with van der Waals surface area (Å²) in [7, 11) is 0. The smallest absolute Gasteiger partial charge is 0.338 e. The number of amides is 1. The van der Waals surface area contributed by atoms with Gasteiger partial charge in [-0.3, -0.25) is 14.9 Å². The lowest BCUT2D eigenvalue weighted by Crippen LogP contribution is -2.21. The fraction of sp³-hybridized carbons (Fsp3) is 0.0667. The molecule has 0 radical (unpaired) electrons. The predicted molar refractivity (Wildman–Crippen MR) is 85.1 cm³/mol. The molecule has 8 nitrogen and oxygen atoms in total. The van der Waals surface area contributed by atoms with Crippen molar-refractivity contribution in [1.29, 1.82) is 0 Å². The lowest BCUT2D eigenvalue weighted by atomic mass is 10.2. The summed E-state index contributed by atoms with van der Waals surface area (Å²) in [4.78, 5) is 33.7. The summed E-state index contributed by atoms with van der Waals surface area (Å²) in [5.41, 5.74) is -0.283. The van der Waals surface area contributed by atoms with Gasteiger partial charge >= 0.3 is 5.97 Å². The van der Waals surface area contributed by atoms with Crippen molar-refractivity contribution in [1.82, 2.24) is 0 Å². The van der Waals surface area contributed by atoms with Gasteiger partial charge in [0.15, 0.2) is 6.61 Å². The van der Waals surface area contributed by atoms with Crippen LogP contribution in [0.1, 0.15) is 10.4 Å². The van der Waals surface area contributed by atoms with Gasteiger partial charge in [-0.2, -0.15) is 0 Å². The number of nitro groups is 1. The molecule has 0 aliphatic rings. The Hall–Kier alpha value is -3.13. The highest BCUT2D eigenvalue weighted by atomic mass is 35.5. The minimum absolute atomic E-state index is 0.0145. The van der Waals surface area contributed by atoms with E-state index in [1.54, 1.807) is 0 Å². The molecule has 0 saturated heterocycles. The molecule has 0 atom stereocenters. The summed E-state index contributed by atoms with van der Waals surface area (Å²) >= 11 is 5.67. The van der Waals surface area contributed by atoms with Gasteiger partial charge in [0.2, 0.25) is 0 Å². The molecule has 0 fully saturated rings. The van der Waals surface area contributed by atoms with Gasteiger partial charge in [-0.25, -0.2) is 4.79 Å². The number of hydrogen-bond donors (Lipinski definition) is 2. The van der Waals surface area contributed by atoms with Gasteiger partial charge in [-0.15, -0.1) is 0 Å².